The van der Waals surface area contributed by atoms with Crippen LogP contribution in [0.4, 0.5) is 0 Å². The molecule has 1 aromatic rings. The van der Waals surface area contributed by atoms with Gasteiger partial charge in [0.1, 0.15) is 5.57 Å². The topological polar surface area (TPSA) is 70.5 Å². The molecule has 0 saturated carbocycles. The van der Waals surface area contributed by atoms with Crippen LogP contribution in [0.2, 0.25) is 0 Å². The van der Waals surface area contributed by atoms with Crippen LogP contribution in [0.25, 0.3) is 0 Å². The molecule has 6 heteroatoms. The first-order valence-electron chi connectivity index (χ1n) is 5.64. The largest absolute Gasteiger partial charge is 0.477 e. The first-order chi connectivity index (χ1) is 8.49. The number of nitrogens with zero attached hydrogens (tertiary/aromatic N) is 2. The van der Waals surface area contributed by atoms with Crippen molar-refractivity contribution >= 4 is 23.1 Å². The van der Waals surface area contributed by atoms with Crippen molar-refractivity contribution in [2.24, 2.45) is 0 Å². The summed E-state index contributed by atoms with van der Waals surface area (Å²) in [5, 5.41) is 9.35. The van der Waals surface area contributed by atoms with Gasteiger partial charge in [-0.1, -0.05) is 0 Å². The Kier molecular flexibility index (Phi) is 3.47. The third-order valence-corrected chi connectivity index (χ3v) is 3.81. The van der Waals surface area contributed by atoms with Crippen molar-refractivity contribution in [3.63, 3.8) is 0 Å². The summed E-state index contributed by atoms with van der Waals surface area (Å²) in [6, 6.07) is 0. The van der Waals surface area contributed by atoms with E-state index in [0.717, 1.165) is 29.8 Å². The molecule has 1 aliphatic carbocycles. The van der Waals surface area contributed by atoms with Crippen molar-refractivity contribution in [3.05, 3.63) is 27.4 Å². The van der Waals surface area contributed by atoms with E-state index in [4.69, 9.17) is 5.11 Å². The van der Waals surface area contributed by atoms with E-state index in [0.29, 0.717) is 0 Å². The normalized spacial score (nSPS) is 14.4. The molecule has 2 rings (SSSR count). The molecule has 0 unspecified atom stereocenters. The summed E-state index contributed by atoms with van der Waals surface area (Å²) in [7, 11) is 3.36. The molecule has 1 aromatic heterocycles. The van der Waals surface area contributed by atoms with Gasteiger partial charge in [0.05, 0.1) is 5.69 Å². The first-order valence-corrected chi connectivity index (χ1v) is 6.45. The van der Waals surface area contributed by atoms with E-state index < -0.39 is 11.8 Å². The van der Waals surface area contributed by atoms with Crippen LogP contribution >= 0.6 is 11.3 Å². The molecule has 18 heavy (non-hydrogen) atoms. The van der Waals surface area contributed by atoms with Crippen molar-refractivity contribution in [1.82, 2.24) is 9.88 Å². The lowest BCUT2D eigenvalue weighted by atomic mass is 10.2. The lowest BCUT2D eigenvalue weighted by Gasteiger charge is -2.06. The third-order valence-electron chi connectivity index (χ3n) is 2.65. The van der Waals surface area contributed by atoms with Crippen LogP contribution in [0.1, 0.15) is 26.8 Å². The number of aromatic nitrogens is 1. The quantitative estimate of drug-likeness (QED) is 0.385. The van der Waals surface area contributed by atoms with Crippen LogP contribution in [-0.2, 0) is 17.6 Å². The summed E-state index contributed by atoms with van der Waals surface area (Å²) < 4.78 is 0. The van der Waals surface area contributed by atoms with Crippen LogP contribution in [0, 0.1) is 0 Å². The van der Waals surface area contributed by atoms with E-state index >= 15 is 0 Å². The van der Waals surface area contributed by atoms with Crippen LogP contribution in [0.3, 0.4) is 0 Å². The van der Waals surface area contributed by atoms with Crippen LogP contribution in [-0.4, -0.2) is 40.8 Å². The Morgan fingerprint density at radius 2 is 2.11 bits per heavy atom. The highest BCUT2D eigenvalue weighted by atomic mass is 32.1. The molecular weight excluding hydrogens is 252 g/mol. The Morgan fingerprint density at radius 3 is 2.67 bits per heavy atom. The van der Waals surface area contributed by atoms with E-state index in [1.165, 1.54) is 17.5 Å². The zero-order valence-corrected chi connectivity index (χ0v) is 11.1. The number of carboxylic acids is 1. The van der Waals surface area contributed by atoms with Crippen LogP contribution < -0.4 is 0 Å². The van der Waals surface area contributed by atoms with Gasteiger partial charge >= 0.3 is 5.97 Å². The average Bonchev–Trinajstić information content (AvgIpc) is 2.83. The smallest absolute Gasteiger partial charge is 0.341 e. The molecule has 5 nitrogen and oxygen atoms in total. The molecule has 0 saturated heterocycles. The molecule has 1 aliphatic rings. The minimum Gasteiger partial charge on any atom is -0.477 e. The van der Waals surface area contributed by atoms with Gasteiger partial charge in [0.25, 0.3) is 0 Å². The summed E-state index contributed by atoms with van der Waals surface area (Å²) in [5.74, 6) is -1.72. The van der Waals surface area contributed by atoms with Crippen molar-refractivity contribution < 1.29 is 14.7 Å². The van der Waals surface area contributed by atoms with Gasteiger partial charge in [-0.15, -0.1) is 11.3 Å². The second-order valence-electron chi connectivity index (χ2n) is 4.38. The number of hydrogen-bond donors (Lipinski definition) is 1. The molecule has 0 aliphatic heterocycles. The SMILES string of the molecule is CN(C)C=C(C(=O)O)C(=O)c1nc2c(s1)CCC2. The Bertz CT molecular complexity index is 510. The van der Waals surface area contributed by atoms with Crippen molar-refractivity contribution in [3.8, 4) is 0 Å². The highest BCUT2D eigenvalue weighted by Gasteiger charge is 2.25. The number of aliphatic carboxylic acids is 1. The minimum atomic E-state index is -1.22. The number of rotatable bonds is 4. The molecule has 0 fully saturated rings. The number of Topliss-reactive ketones (excluding diaryl/α,β-unsaturated/α-hetero) is 1. The molecule has 0 bridgehead atoms. The third kappa shape index (κ3) is 2.43. The van der Waals surface area contributed by atoms with Crippen molar-refractivity contribution in [1.29, 1.82) is 0 Å². The van der Waals surface area contributed by atoms with E-state index in [1.807, 2.05) is 0 Å². The summed E-state index contributed by atoms with van der Waals surface area (Å²) in [4.78, 5) is 30.1. The van der Waals surface area contributed by atoms with Crippen LogP contribution in [0.5, 0.6) is 0 Å². The number of fused-ring (bicyclic) bond motifs is 1. The second kappa shape index (κ2) is 4.89. The fourth-order valence-corrected chi connectivity index (χ4v) is 2.98. The van der Waals surface area contributed by atoms with Gasteiger partial charge in [0.15, 0.2) is 5.01 Å². The Hall–Kier alpha value is -1.69. The molecule has 1 heterocycles. The first kappa shape index (κ1) is 12.8. The highest BCUT2D eigenvalue weighted by molar-refractivity contribution is 7.14. The van der Waals surface area contributed by atoms with Gasteiger partial charge in [0.2, 0.25) is 5.78 Å². The zero-order valence-electron chi connectivity index (χ0n) is 10.3. The number of thiazole rings is 1. The predicted octanol–water partition coefficient (Wildman–Crippen LogP) is 1.34. The number of aryl methyl sites for hydroxylation is 2. The summed E-state index contributed by atoms with van der Waals surface area (Å²) in [6.07, 6.45) is 4.22. The zero-order chi connectivity index (χ0) is 13.3. The summed E-state index contributed by atoms with van der Waals surface area (Å²) in [5.41, 5.74) is 0.713. The lowest BCUT2D eigenvalue weighted by molar-refractivity contribution is -0.132. The Labute approximate surface area is 109 Å². The molecule has 0 aromatic carbocycles. The van der Waals surface area contributed by atoms with E-state index in [-0.39, 0.29) is 10.6 Å². The molecule has 0 radical (unpaired) electrons. The maximum absolute atomic E-state index is 12.1. The number of carbonyl (C=O) groups is 2. The maximum Gasteiger partial charge on any atom is 0.341 e. The summed E-state index contributed by atoms with van der Waals surface area (Å²) in [6.45, 7) is 0. The predicted molar refractivity (Wildman–Crippen MR) is 67.9 cm³/mol. The fraction of sp³-hybridized carbons (Fsp3) is 0.417. The molecule has 0 amide bonds. The van der Waals surface area contributed by atoms with Crippen molar-refractivity contribution in [2.45, 2.75) is 19.3 Å². The van der Waals surface area contributed by atoms with Gasteiger partial charge in [-0.25, -0.2) is 9.78 Å². The second-order valence-corrected chi connectivity index (χ2v) is 5.47. The van der Waals surface area contributed by atoms with Crippen LogP contribution in [0.15, 0.2) is 11.8 Å². The van der Waals surface area contributed by atoms with Crippen molar-refractivity contribution in [2.75, 3.05) is 14.1 Å². The Morgan fingerprint density at radius 1 is 1.39 bits per heavy atom. The number of hydrogen-bond acceptors (Lipinski definition) is 5. The number of carboxylic acid groups (broad SMARTS) is 1. The molecule has 1 N–H and O–H groups in total. The van der Waals surface area contributed by atoms with E-state index in [2.05, 4.69) is 4.98 Å². The molecule has 96 valence electrons. The van der Waals surface area contributed by atoms with E-state index in [1.54, 1.807) is 19.0 Å². The average molecular weight is 266 g/mol. The minimum absolute atomic E-state index is 0.243. The van der Waals surface area contributed by atoms with Gasteiger partial charge in [-0.2, -0.15) is 0 Å². The van der Waals surface area contributed by atoms with Gasteiger partial charge < -0.3 is 10.0 Å². The number of carbonyl (C=O) groups excluding carboxylic acids is 1. The maximum atomic E-state index is 12.1. The highest BCUT2D eigenvalue weighted by Crippen LogP contribution is 2.28. The lowest BCUT2D eigenvalue weighted by Crippen LogP contribution is -2.16. The molecular formula is C12H14N2O3S. The van der Waals surface area contributed by atoms with Gasteiger partial charge in [-0.3, -0.25) is 4.79 Å². The van der Waals surface area contributed by atoms with Gasteiger partial charge in [-0.05, 0) is 19.3 Å². The summed E-state index contributed by atoms with van der Waals surface area (Å²) >= 11 is 1.32. The standard InChI is InChI=1S/C12H14N2O3S/c1-14(2)6-7(12(16)17)10(15)11-13-8-4-3-5-9(8)18-11/h6H,3-5H2,1-2H3,(H,16,17). The number of ketones is 1. The van der Waals surface area contributed by atoms with Gasteiger partial charge in [0, 0.05) is 25.2 Å². The molecule has 0 atom stereocenters. The monoisotopic (exact) mass is 266 g/mol. The van der Waals surface area contributed by atoms with E-state index in [9.17, 15) is 9.59 Å². The Balaban J connectivity index is 2.31. The molecule has 0 spiro atoms. The fourth-order valence-electron chi connectivity index (χ4n) is 1.87.